The van der Waals surface area contributed by atoms with Gasteiger partial charge in [-0.25, -0.2) is 33.0 Å². The summed E-state index contributed by atoms with van der Waals surface area (Å²) in [4.78, 5) is 17.5. The molecule has 0 unspecified atom stereocenters. The summed E-state index contributed by atoms with van der Waals surface area (Å²) >= 11 is 5.80. The summed E-state index contributed by atoms with van der Waals surface area (Å²) in [5, 5.41) is 4.09. The van der Waals surface area contributed by atoms with E-state index in [0.29, 0.717) is 22.8 Å². The summed E-state index contributed by atoms with van der Waals surface area (Å²) in [7, 11) is -1.77. The number of rotatable bonds is 4. The van der Waals surface area contributed by atoms with E-state index in [1.54, 1.807) is 30.8 Å². The maximum atomic E-state index is 12.7. The lowest BCUT2D eigenvalue weighted by Gasteiger charge is -2.10. The third-order valence-electron chi connectivity index (χ3n) is 4.31. The fraction of sp³-hybridized carbons (Fsp3) is 0.235. The highest BCUT2D eigenvalue weighted by Crippen LogP contribution is 2.29. The second-order valence-corrected chi connectivity index (χ2v) is 8.81. The minimum atomic E-state index is -3.54. The number of aromatic nitrogens is 7. The Morgan fingerprint density at radius 3 is 2.64 bits per heavy atom. The van der Waals surface area contributed by atoms with Crippen LogP contribution in [0.4, 0.5) is 0 Å². The van der Waals surface area contributed by atoms with Crippen LogP contribution in [0.15, 0.2) is 35.6 Å². The number of hydrogen-bond acceptors (Lipinski definition) is 7. The predicted molar refractivity (Wildman–Crippen MR) is 104 cm³/mol. The molecule has 0 N–H and O–H groups in total. The van der Waals surface area contributed by atoms with Crippen LogP contribution in [0.1, 0.15) is 12.5 Å². The first-order chi connectivity index (χ1) is 13.3. The molecule has 0 bridgehead atoms. The zero-order valence-electron chi connectivity index (χ0n) is 15.3. The maximum absolute atomic E-state index is 12.7. The molecule has 9 nitrogen and oxygen atoms in total. The number of fused-ring (bicyclic) bond motifs is 1. The van der Waals surface area contributed by atoms with E-state index in [9.17, 15) is 8.42 Å². The highest BCUT2D eigenvalue weighted by Gasteiger charge is 2.24. The van der Waals surface area contributed by atoms with Gasteiger partial charge < -0.3 is 4.57 Å². The molecule has 0 aliphatic heterocycles. The van der Waals surface area contributed by atoms with E-state index in [4.69, 9.17) is 11.6 Å². The molecule has 0 radical (unpaired) electrons. The van der Waals surface area contributed by atoms with E-state index in [1.807, 2.05) is 13.0 Å². The molecule has 0 aliphatic carbocycles. The summed E-state index contributed by atoms with van der Waals surface area (Å²) in [5.41, 5.74) is 2.48. The minimum absolute atomic E-state index is 0.0581. The number of imidazole rings is 1. The molecule has 0 fully saturated rings. The molecular weight excluding hydrogens is 402 g/mol. The van der Waals surface area contributed by atoms with Gasteiger partial charge >= 0.3 is 0 Å². The van der Waals surface area contributed by atoms with Crippen LogP contribution in [0.25, 0.3) is 28.5 Å². The van der Waals surface area contributed by atoms with Crippen molar-refractivity contribution in [2.45, 2.75) is 18.7 Å². The number of aryl methyl sites for hydroxylation is 2. The van der Waals surface area contributed by atoms with Crippen LogP contribution in [-0.2, 0) is 16.9 Å². The van der Waals surface area contributed by atoms with Gasteiger partial charge in [0.1, 0.15) is 17.5 Å². The Balaban J connectivity index is 2.01. The Morgan fingerprint density at radius 1 is 1.18 bits per heavy atom. The first-order valence-electron chi connectivity index (χ1n) is 8.41. The van der Waals surface area contributed by atoms with Gasteiger partial charge in [-0.3, -0.25) is 0 Å². The summed E-state index contributed by atoms with van der Waals surface area (Å²) < 4.78 is 28.5. The molecule has 0 saturated heterocycles. The first-order valence-corrected chi connectivity index (χ1v) is 10.4. The first kappa shape index (κ1) is 18.5. The normalized spacial score (nSPS) is 12.0. The molecule has 11 heteroatoms. The van der Waals surface area contributed by atoms with Gasteiger partial charge in [0.2, 0.25) is 5.28 Å². The number of hydrogen-bond donors (Lipinski definition) is 0. The molecule has 0 aliphatic rings. The van der Waals surface area contributed by atoms with Gasteiger partial charge in [0.05, 0.1) is 10.6 Å². The van der Waals surface area contributed by atoms with Crippen molar-refractivity contribution in [2.24, 2.45) is 7.05 Å². The van der Waals surface area contributed by atoms with Gasteiger partial charge in [-0.1, -0.05) is 6.92 Å². The van der Waals surface area contributed by atoms with Crippen LogP contribution in [-0.4, -0.2) is 48.5 Å². The number of halogens is 1. The topological polar surface area (TPSA) is 108 Å². The summed E-state index contributed by atoms with van der Waals surface area (Å²) in [6, 6.07) is 4.95. The molecule has 4 aromatic rings. The van der Waals surface area contributed by atoms with Gasteiger partial charge in [0.15, 0.2) is 27.1 Å². The van der Waals surface area contributed by atoms with E-state index in [-0.39, 0.29) is 21.6 Å². The van der Waals surface area contributed by atoms with Gasteiger partial charge in [0, 0.05) is 13.2 Å². The second-order valence-electron chi connectivity index (χ2n) is 6.23. The van der Waals surface area contributed by atoms with Gasteiger partial charge in [-0.2, -0.15) is 0 Å². The van der Waals surface area contributed by atoms with Crippen molar-refractivity contribution in [1.29, 1.82) is 0 Å². The quantitative estimate of drug-likeness (QED) is 0.501. The number of pyridine rings is 2. The monoisotopic (exact) mass is 417 g/mol. The Hall–Kier alpha value is -2.85. The van der Waals surface area contributed by atoms with Crippen molar-refractivity contribution < 1.29 is 8.42 Å². The van der Waals surface area contributed by atoms with Crippen molar-refractivity contribution in [1.82, 2.24) is 34.3 Å². The van der Waals surface area contributed by atoms with E-state index >= 15 is 0 Å². The highest BCUT2D eigenvalue weighted by molar-refractivity contribution is 7.91. The number of sulfone groups is 1. The van der Waals surface area contributed by atoms with Crippen LogP contribution in [0.3, 0.4) is 0 Å². The smallest absolute Gasteiger partial charge is 0.242 e. The fourth-order valence-corrected chi connectivity index (χ4v) is 4.02. The Bertz CT molecular complexity index is 1310. The molecule has 4 aromatic heterocycles. The van der Waals surface area contributed by atoms with E-state index in [0.717, 1.165) is 5.56 Å². The lowest BCUT2D eigenvalue weighted by atomic mass is 10.3. The summed E-state index contributed by atoms with van der Waals surface area (Å²) in [6.45, 7) is 3.51. The van der Waals surface area contributed by atoms with Crippen molar-refractivity contribution in [3.05, 3.63) is 41.6 Å². The van der Waals surface area contributed by atoms with Gasteiger partial charge in [0.25, 0.3) is 0 Å². The molecule has 144 valence electrons. The van der Waals surface area contributed by atoms with E-state index in [2.05, 4.69) is 25.0 Å². The number of nitrogens with zero attached hydrogens (tertiary/aromatic N) is 7. The molecule has 0 aromatic carbocycles. The molecule has 0 spiro atoms. The SMILES string of the molecule is CCS(=O)(=O)c1ccc(-n2cnc(Cl)n2)nc1-c1nc2cc(C)cnc2n1C. The van der Waals surface area contributed by atoms with Crippen molar-refractivity contribution in [3.63, 3.8) is 0 Å². The lowest BCUT2D eigenvalue weighted by molar-refractivity contribution is 0.597. The third kappa shape index (κ3) is 3.04. The third-order valence-corrected chi connectivity index (χ3v) is 6.25. The molecule has 4 heterocycles. The van der Waals surface area contributed by atoms with Crippen LogP contribution in [0.5, 0.6) is 0 Å². The standard InChI is InChI=1S/C17H16ClN7O2S/c1-4-28(26,27)12-5-6-13(25-9-20-17(18)23-25)22-14(12)16-21-11-7-10(2)8-19-15(11)24(16)3/h5-9H,4H2,1-3H3. The minimum Gasteiger partial charge on any atom is -0.310 e. The van der Waals surface area contributed by atoms with Crippen LogP contribution in [0, 0.1) is 6.92 Å². The zero-order chi connectivity index (χ0) is 20.1. The summed E-state index contributed by atoms with van der Waals surface area (Å²) in [5.74, 6) is 0.714. The molecule has 28 heavy (non-hydrogen) atoms. The highest BCUT2D eigenvalue weighted by atomic mass is 35.5. The molecule has 0 saturated carbocycles. The predicted octanol–water partition coefficient (Wildman–Crippen LogP) is 2.37. The fourth-order valence-electron chi connectivity index (χ4n) is 2.87. The lowest BCUT2D eigenvalue weighted by Crippen LogP contribution is -2.11. The average Bonchev–Trinajstić information content (AvgIpc) is 3.24. The van der Waals surface area contributed by atoms with Crippen LogP contribution >= 0.6 is 11.6 Å². The van der Waals surface area contributed by atoms with E-state index < -0.39 is 9.84 Å². The maximum Gasteiger partial charge on any atom is 0.242 e. The molecule has 0 amide bonds. The Morgan fingerprint density at radius 2 is 1.96 bits per heavy atom. The van der Waals surface area contributed by atoms with Gasteiger partial charge in [-0.15, -0.1) is 5.10 Å². The van der Waals surface area contributed by atoms with Crippen LogP contribution in [0.2, 0.25) is 5.28 Å². The van der Waals surface area contributed by atoms with Crippen molar-refractivity contribution in [2.75, 3.05) is 5.75 Å². The molecule has 0 atom stereocenters. The molecule has 4 rings (SSSR count). The summed E-state index contributed by atoms with van der Waals surface area (Å²) in [6.07, 6.45) is 3.14. The van der Waals surface area contributed by atoms with Crippen molar-refractivity contribution in [3.8, 4) is 17.3 Å². The largest absolute Gasteiger partial charge is 0.310 e. The van der Waals surface area contributed by atoms with Crippen molar-refractivity contribution >= 4 is 32.6 Å². The van der Waals surface area contributed by atoms with Gasteiger partial charge in [-0.05, 0) is 42.3 Å². The molecular formula is C17H16ClN7O2S. The average molecular weight is 418 g/mol. The Labute approximate surface area is 166 Å². The second kappa shape index (κ2) is 6.64. The zero-order valence-corrected chi connectivity index (χ0v) is 16.9. The Kier molecular flexibility index (Phi) is 4.39. The van der Waals surface area contributed by atoms with Crippen LogP contribution < -0.4 is 0 Å². The van der Waals surface area contributed by atoms with E-state index in [1.165, 1.54) is 17.1 Å².